The van der Waals surface area contributed by atoms with Crippen LogP contribution in [0.3, 0.4) is 0 Å². The summed E-state index contributed by atoms with van der Waals surface area (Å²) < 4.78 is 35.8. The van der Waals surface area contributed by atoms with Gasteiger partial charge >= 0.3 is 6.18 Å². The van der Waals surface area contributed by atoms with Gasteiger partial charge in [-0.3, -0.25) is 0 Å². The molecular formula is C7H12F3I. The van der Waals surface area contributed by atoms with Crippen molar-refractivity contribution in [2.75, 3.05) is 0 Å². The fourth-order valence-corrected chi connectivity index (χ4v) is 1.76. The van der Waals surface area contributed by atoms with Gasteiger partial charge in [0, 0.05) is 3.92 Å². The lowest BCUT2D eigenvalue weighted by molar-refractivity contribution is -0.168. The summed E-state index contributed by atoms with van der Waals surface area (Å²) in [6.07, 6.45) is -2.57. The highest BCUT2D eigenvalue weighted by atomic mass is 127. The number of hydrogen-bond donors (Lipinski definition) is 0. The van der Waals surface area contributed by atoms with Crippen LogP contribution in [-0.4, -0.2) is 10.1 Å². The van der Waals surface area contributed by atoms with Gasteiger partial charge < -0.3 is 0 Å². The van der Waals surface area contributed by atoms with E-state index in [-0.39, 0.29) is 3.92 Å². The SMILES string of the molecule is CCCC(I)C(C)C(F)(F)F. The zero-order valence-electron chi connectivity index (χ0n) is 6.58. The summed E-state index contributed by atoms with van der Waals surface area (Å²) in [4.78, 5) is 0. The van der Waals surface area contributed by atoms with E-state index in [2.05, 4.69) is 0 Å². The molecular weight excluding hydrogens is 268 g/mol. The van der Waals surface area contributed by atoms with E-state index in [4.69, 9.17) is 0 Å². The molecule has 0 N–H and O–H groups in total. The van der Waals surface area contributed by atoms with E-state index in [1.807, 2.05) is 29.5 Å². The van der Waals surface area contributed by atoms with Crippen LogP contribution in [0.15, 0.2) is 0 Å². The lowest BCUT2D eigenvalue weighted by atomic mass is 10.0. The normalized spacial score (nSPS) is 18.0. The standard InChI is InChI=1S/C7H12F3I/c1-3-4-6(11)5(2)7(8,9)10/h5-6H,3-4H2,1-2H3. The second-order valence-corrected chi connectivity index (χ2v) is 4.23. The summed E-state index contributed by atoms with van der Waals surface area (Å²) in [6, 6.07) is 0. The van der Waals surface area contributed by atoms with E-state index in [0.717, 1.165) is 6.42 Å². The van der Waals surface area contributed by atoms with Crippen LogP contribution >= 0.6 is 22.6 Å². The molecule has 0 aromatic carbocycles. The lowest BCUT2D eigenvalue weighted by Crippen LogP contribution is -2.27. The van der Waals surface area contributed by atoms with Gasteiger partial charge in [-0.05, 0) is 6.42 Å². The van der Waals surface area contributed by atoms with Crippen LogP contribution in [0.25, 0.3) is 0 Å². The van der Waals surface area contributed by atoms with E-state index in [9.17, 15) is 13.2 Å². The quantitative estimate of drug-likeness (QED) is 0.545. The Hall–Kier alpha value is 0.520. The van der Waals surface area contributed by atoms with Crippen LogP contribution in [0.1, 0.15) is 26.7 Å². The molecule has 68 valence electrons. The predicted molar refractivity (Wildman–Crippen MR) is 47.9 cm³/mol. The molecule has 2 unspecified atom stereocenters. The Morgan fingerprint density at radius 3 is 2.09 bits per heavy atom. The molecule has 0 amide bonds. The first-order valence-corrected chi connectivity index (χ1v) is 4.85. The highest BCUT2D eigenvalue weighted by Crippen LogP contribution is 2.33. The molecule has 4 heteroatoms. The third-order valence-electron chi connectivity index (χ3n) is 1.62. The Balaban J connectivity index is 3.91. The van der Waals surface area contributed by atoms with Gasteiger partial charge in [0.25, 0.3) is 0 Å². The third kappa shape index (κ3) is 4.18. The summed E-state index contributed by atoms with van der Waals surface area (Å²) in [7, 11) is 0. The summed E-state index contributed by atoms with van der Waals surface area (Å²) in [5.74, 6) is -1.18. The van der Waals surface area contributed by atoms with E-state index in [1.165, 1.54) is 6.92 Å². The first-order valence-electron chi connectivity index (χ1n) is 3.60. The van der Waals surface area contributed by atoms with Crippen molar-refractivity contribution < 1.29 is 13.2 Å². The molecule has 0 aliphatic rings. The van der Waals surface area contributed by atoms with Crippen molar-refractivity contribution in [3.63, 3.8) is 0 Å². The maximum Gasteiger partial charge on any atom is 0.392 e. The topological polar surface area (TPSA) is 0 Å². The minimum atomic E-state index is -4.03. The van der Waals surface area contributed by atoms with Crippen LogP contribution in [-0.2, 0) is 0 Å². The molecule has 0 rings (SSSR count). The van der Waals surface area contributed by atoms with Crippen molar-refractivity contribution in [1.29, 1.82) is 0 Å². The molecule has 11 heavy (non-hydrogen) atoms. The Labute approximate surface area is 78.7 Å². The van der Waals surface area contributed by atoms with E-state index >= 15 is 0 Å². The average molecular weight is 280 g/mol. The fraction of sp³-hybridized carbons (Fsp3) is 1.00. The maximum absolute atomic E-state index is 12.0. The molecule has 2 atom stereocenters. The van der Waals surface area contributed by atoms with E-state index < -0.39 is 12.1 Å². The fourth-order valence-electron chi connectivity index (χ4n) is 0.731. The van der Waals surface area contributed by atoms with E-state index in [1.54, 1.807) is 0 Å². The first-order chi connectivity index (χ1) is 4.89. The predicted octanol–water partition coefficient (Wildman–Crippen LogP) is 3.79. The van der Waals surface area contributed by atoms with Crippen LogP contribution in [0, 0.1) is 5.92 Å². The van der Waals surface area contributed by atoms with Crippen molar-refractivity contribution in [1.82, 2.24) is 0 Å². The van der Waals surface area contributed by atoms with E-state index in [0.29, 0.717) is 6.42 Å². The summed E-state index contributed by atoms with van der Waals surface area (Å²) in [6.45, 7) is 3.14. The number of rotatable bonds is 3. The Morgan fingerprint density at radius 2 is 1.82 bits per heavy atom. The molecule has 0 saturated carbocycles. The van der Waals surface area contributed by atoms with Gasteiger partial charge in [-0.1, -0.05) is 42.9 Å². The van der Waals surface area contributed by atoms with Gasteiger partial charge in [0.2, 0.25) is 0 Å². The number of alkyl halides is 4. The summed E-state index contributed by atoms with van der Waals surface area (Å²) in [5, 5.41) is 0. The molecule has 0 bridgehead atoms. The Morgan fingerprint density at radius 1 is 1.36 bits per heavy atom. The lowest BCUT2D eigenvalue weighted by Gasteiger charge is -2.20. The zero-order chi connectivity index (χ0) is 9.07. The van der Waals surface area contributed by atoms with Gasteiger partial charge in [-0.15, -0.1) is 0 Å². The van der Waals surface area contributed by atoms with Crippen molar-refractivity contribution >= 4 is 22.6 Å². The first kappa shape index (κ1) is 11.5. The van der Waals surface area contributed by atoms with Gasteiger partial charge in [-0.25, -0.2) is 0 Å². The largest absolute Gasteiger partial charge is 0.392 e. The number of halogens is 4. The van der Waals surface area contributed by atoms with Gasteiger partial charge in [0.05, 0.1) is 5.92 Å². The third-order valence-corrected chi connectivity index (χ3v) is 3.32. The summed E-state index contributed by atoms with van der Waals surface area (Å²) >= 11 is 1.87. The van der Waals surface area contributed by atoms with Crippen molar-refractivity contribution in [2.45, 2.75) is 36.8 Å². The van der Waals surface area contributed by atoms with Crippen molar-refractivity contribution in [3.05, 3.63) is 0 Å². The second-order valence-electron chi connectivity index (χ2n) is 2.63. The molecule has 0 heterocycles. The summed E-state index contributed by atoms with van der Waals surface area (Å²) in [5.41, 5.74) is 0. The maximum atomic E-state index is 12.0. The van der Waals surface area contributed by atoms with Crippen LogP contribution in [0.4, 0.5) is 13.2 Å². The Bertz CT molecular complexity index is 111. The van der Waals surface area contributed by atoms with Gasteiger partial charge in [0.1, 0.15) is 0 Å². The molecule has 0 aromatic heterocycles. The molecule has 0 aromatic rings. The van der Waals surface area contributed by atoms with Crippen LogP contribution in [0.5, 0.6) is 0 Å². The average Bonchev–Trinajstić information content (AvgIpc) is 1.85. The second kappa shape index (κ2) is 4.52. The number of hydrogen-bond acceptors (Lipinski definition) is 0. The molecule has 0 aliphatic carbocycles. The zero-order valence-corrected chi connectivity index (χ0v) is 8.74. The molecule has 0 spiro atoms. The molecule has 0 aliphatic heterocycles. The minimum absolute atomic E-state index is 0.280. The minimum Gasteiger partial charge on any atom is -0.171 e. The molecule has 0 fully saturated rings. The van der Waals surface area contributed by atoms with Crippen molar-refractivity contribution in [2.24, 2.45) is 5.92 Å². The van der Waals surface area contributed by atoms with Crippen LogP contribution in [0.2, 0.25) is 0 Å². The van der Waals surface area contributed by atoms with Crippen molar-refractivity contribution in [3.8, 4) is 0 Å². The van der Waals surface area contributed by atoms with Gasteiger partial charge in [-0.2, -0.15) is 13.2 Å². The molecule has 0 nitrogen and oxygen atoms in total. The highest BCUT2D eigenvalue weighted by Gasteiger charge is 2.39. The highest BCUT2D eigenvalue weighted by molar-refractivity contribution is 14.1. The monoisotopic (exact) mass is 280 g/mol. The Kier molecular flexibility index (Phi) is 4.74. The van der Waals surface area contributed by atoms with Gasteiger partial charge in [0.15, 0.2) is 0 Å². The smallest absolute Gasteiger partial charge is 0.171 e. The molecule has 0 radical (unpaired) electrons. The van der Waals surface area contributed by atoms with Crippen LogP contribution < -0.4 is 0 Å². The molecule has 0 saturated heterocycles.